The normalized spacial score (nSPS) is 12.1. The maximum Gasteiger partial charge on any atom is 0.146 e. The molecule has 0 saturated heterocycles. The first-order valence-electron chi connectivity index (χ1n) is 5.99. The molecule has 0 aliphatic heterocycles. The van der Waals surface area contributed by atoms with Crippen molar-refractivity contribution >= 4 is 5.69 Å². The van der Waals surface area contributed by atoms with E-state index in [0.29, 0.717) is 18.7 Å². The summed E-state index contributed by atoms with van der Waals surface area (Å²) in [6, 6.07) is 16.0. The number of aliphatic hydroxyl groups excluding tert-OH is 1. The van der Waals surface area contributed by atoms with Gasteiger partial charge in [0.1, 0.15) is 5.82 Å². The van der Waals surface area contributed by atoms with Crippen molar-refractivity contribution in [1.82, 2.24) is 0 Å². The Hall–Kier alpha value is -1.87. The number of hydrogen-bond donors (Lipinski definition) is 2. The number of benzene rings is 2. The van der Waals surface area contributed by atoms with Crippen LogP contribution in [0.5, 0.6) is 0 Å². The molecule has 0 aromatic heterocycles. The third-order valence-electron chi connectivity index (χ3n) is 2.79. The molecule has 2 aromatic carbocycles. The van der Waals surface area contributed by atoms with Crippen LogP contribution in [0.3, 0.4) is 0 Å². The Balaban J connectivity index is 1.84. The van der Waals surface area contributed by atoms with Crippen LogP contribution in [-0.4, -0.2) is 11.7 Å². The van der Waals surface area contributed by atoms with E-state index < -0.39 is 6.10 Å². The van der Waals surface area contributed by atoms with E-state index in [9.17, 15) is 9.50 Å². The van der Waals surface area contributed by atoms with Crippen LogP contribution in [0.4, 0.5) is 10.1 Å². The van der Waals surface area contributed by atoms with E-state index in [4.69, 9.17) is 0 Å². The van der Waals surface area contributed by atoms with Crippen LogP contribution in [0.1, 0.15) is 18.1 Å². The predicted molar refractivity (Wildman–Crippen MR) is 70.9 cm³/mol. The van der Waals surface area contributed by atoms with Gasteiger partial charge in [0, 0.05) is 6.54 Å². The molecule has 0 amide bonds. The molecule has 0 bridgehead atoms. The number of hydrogen-bond acceptors (Lipinski definition) is 2. The molecule has 2 aromatic rings. The van der Waals surface area contributed by atoms with Crippen molar-refractivity contribution in [2.24, 2.45) is 0 Å². The van der Waals surface area contributed by atoms with Gasteiger partial charge in [-0.05, 0) is 24.1 Å². The maximum atomic E-state index is 13.3. The average Bonchev–Trinajstić information content (AvgIpc) is 2.42. The molecule has 0 radical (unpaired) electrons. The van der Waals surface area contributed by atoms with Gasteiger partial charge in [-0.25, -0.2) is 4.39 Å². The highest BCUT2D eigenvalue weighted by Gasteiger charge is 2.06. The molecule has 3 heteroatoms. The molecule has 0 aliphatic rings. The van der Waals surface area contributed by atoms with Gasteiger partial charge in [-0.2, -0.15) is 0 Å². The van der Waals surface area contributed by atoms with Crippen LogP contribution in [0.15, 0.2) is 54.6 Å². The van der Waals surface area contributed by atoms with Crippen molar-refractivity contribution < 1.29 is 9.50 Å². The fourth-order valence-corrected chi connectivity index (χ4v) is 1.79. The molecule has 0 saturated carbocycles. The fourth-order valence-electron chi connectivity index (χ4n) is 1.79. The van der Waals surface area contributed by atoms with Gasteiger partial charge >= 0.3 is 0 Å². The molecule has 0 aliphatic carbocycles. The second-order valence-electron chi connectivity index (χ2n) is 4.12. The quantitative estimate of drug-likeness (QED) is 0.846. The van der Waals surface area contributed by atoms with Crippen molar-refractivity contribution in [2.75, 3.05) is 11.9 Å². The van der Waals surface area contributed by atoms with Gasteiger partial charge in [-0.3, -0.25) is 0 Å². The highest BCUT2D eigenvalue weighted by molar-refractivity contribution is 5.44. The molecular weight excluding hydrogens is 229 g/mol. The lowest BCUT2D eigenvalue weighted by Crippen LogP contribution is -2.08. The zero-order chi connectivity index (χ0) is 12.8. The highest BCUT2D eigenvalue weighted by atomic mass is 19.1. The molecule has 0 fully saturated rings. The van der Waals surface area contributed by atoms with Crippen LogP contribution in [0.2, 0.25) is 0 Å². The summed E-state index contributed by atoms with van der Waals surface area (Å²) in [5.41, 5.74) is 1.35. The summed E-state index contributed by atoms with van der Waals surface area (Å²) < 4.78 is 13.3. The van der Waals surface area contributed by atoms with Crippen LogP contribution >= 0.6 is 0 Å². The fraction of sp³-hybridized carbons (Fsp3) is 0.200. The minimum Gasteiger partial charge on any atom is -0.388 e. The molecule has 0 spiro atoms. The molecule has 1 unspecified atom stereocenters. The number of nitrogens with one attached hydrogen (secondary N) is 1. The third-order valence-corrected chi connectivity index (χ3v) is 2.79. The Morgan fingerprint density at radius 2 is 1.67 bits per heavy atom. The number of para-hydroxylation sites is 1. The number of rotatable bonds is 5. The van der Waals surface area contributed by atoms with Gasteiger partial charge in [-0.15, -0.1) is 0 Å². The first-order chi connectivity index (χ1) is 8.77. The van der Waals surface area contributed by atoms with Gasteiger partial charge in [0.2, 0.25) is 0 Å². The minimum absolute atomic E-state index is 0.272. The van der Waals surface area contributed by atoms with Gasteiger partial charge in [0.05, 0.1) is 11.8 Å². The van der Waals surface area contributed by atoms with E-state index in [1.807, 2.05) is 30.3 Å². The zero-order valence-electron chi connectivity index (χ0n) is 10.0. The lowest BCUT2D eigenvalue weighted by Gasteiger charge is -2.12. The molecule has 18 heavy (non-hydrogen) atoms. The maximum absolute atomic E-state index is 13.3. The summed E-state index contributed by atoms with van der Waals surface area (Å²) in [6.07, 6.45) is 0.0173. The second-order valence-corrected chi connectivity index (χ2v) is 4.12. The summed E-state index contributed by atoms with van der Waals surface area (Å²) in [6.45, 7) is 0.525. The first-order valence-corrected chi connectivity index (χ1v) is 5.99. The Labute approximate surface area is 106 Å². The number of halogens is 1. The Bertz CT molecular complexity index is 487. The molecule has 2 rings (SSSR count). The third kappa shape index (κ3) is 3.31. The van der Waals surface area contributed by atoms with Crippen molar-refractivity contribution in [2.45, 2.75) is 12.5 Å². The number of aliphatic hydroxyl groups is 1. The van der Waals surface area contributed by atoms with Gasteiger partial charge in [0.15, 0.2) is 0 Å². The van der Waals surface area contributed by atoms with E-state index in [0.717, 1.165) is 5.56 Å². The van der Waals surface area contributed by atoms with Crippen molar-refractivity contribution in [3.63, 3.8) is 0 Å². The van der Waals surface area contributed by atoms with Crippen molar-refractivity contribution in [3.8, 4) is 0 Å². The summed E-state index contributed by atoms with van der Waals surface area (Å²) in [4.78, 5) is 0. The molecule has 0 heterocycles. The lowest BCUT2D eigenvalue weighted by molar-refractivity contribution is 0.171. The second kappa shape index (κ2) is 6.17. The molecule has 2 N–H and O–H groups in total. The van der Waals surface area contributed by atoms with Crippen LogP contribution in [0, 0.1) is 5.82 Å². The Morgan fingerprint density at radius 3 is 2.39 bits per heavy atom. The summed E-state index contributed by atoms with van der Waals surface area (Å²) in [7, 11) is 0. The molecule has 1 atom stereocenters. The monoisotopic (exact) mass is 245 g/mol. The highest BCUT2D eigenvalue weighted by Crippen LogP contribution is 2.17. The first kappa shape index (κ1) is 12.6. The van der Waals surface area contributed by atoms with Gasteiger partial charge in [-0.1, -0.05) is 42.5 Å². The predicted octanol–water partition coefficient (Wildman–Crippen LogP) is 3.36. The summed E-state index contributed by atoms with van der Waals surface area (Å²) in [5.74, 6) is -0.272. The largest absolute Gasteiger partial charge is 0.388 e. The lowest BCUT2D eigenvalue weighted by atomic mass is 10.1. The number of anilines is 1. The van der Waals surface area contributed by atoms with Crippen molar-refractivity contribution in [3.05, 3.63) is 66.0 Å². The van der Waals surface area contributed by atoms with E-state index in [1.165, 1.54) is 6.07 Å². The minimum atomic E-state index is -0.523. The van der Waals surface area contributed by atoms with Gasteiger partial charge in [0.25, 0.3) is 0 Å². The molecular formula is C15H16FNO. The van der Waals surface area contributed by atoms with E-state index in [1.54, 1.807) is 18.2 Å². The van der Waals surface area contributed by atoms with Gasteiger partial charge < -0.3 is 10.4 Å². The molecule has 2 nitrogen and oxygen atoms in total. The average molecular weight is 245 g/mol. The summed E-state index contributed by atoms with van der Waals surface area (Å²) >= 11 is 0. The SMILES string of the molecule is OC(CCNc1ccccc1F)c1ccccc1. The smallest absolute Gasteiger partial charge is 0.146 e. The summed E-state index contributed by atoms with van der Waals surface area (Å²) in [5, 5.41) is 12.9. The van der Waals surface area contributed by atoms with Crippen LogP contribution < -0.4 is 5.32 Å². The standard InChI is InChI=1S/C15H16FNO/c16-13-8-4-5-9-14(13)17-11-10-15(18)12-6-2-1-3-7-12/h1-9,15,17-18H,10-11H2. The zero-order valence-corrected chi connectivity index (χ0v) is 10.0. The Morgan fingerprint density at radius 1 is 1.00 bits per heavy atom. The van der Waals surface area contributed by atoms with Crippen LogP contribution in [-0.2, 0) is 0 Å². The van der Waals surface area contributed by atoms with E-state index in [-0.39, 0.29) is 5.82 Å². The molecule has 94 valence electrons. The van der Waals surface area contributed by atoms with E-state index >= 15 is 0 Å². The topological polar surface area (TPSA) is 32.3 Å². The van der Waals surface area contributed by atoms with Crippen LogP contribution in [0.25, 0.3) is 0 Å². The van der Waals surface area contributed by atoms with Crippen molar-refractivity contribution in [1.29, 1.82) is 0 Å². The Kier molecular flexibility index (Phi) is 4.31. The van der Waals surface area contributed by atoms with E-state index in [2.05, 4.69) is 5.32 Å².